The molecule has 1 saturated heterocycles. The summed E-state index contributed by atoms with van der Waals surface area (Å²) in [6, 6.07) is 11.0. The number of fused-ring (bicyclic) bond motifs is 2. The zero-order valence-electron chi connectivity index (χ0n) is 25.6. The Balaban J connectivity index is 1.08. The first-order valence-corrected chi connectivity index (χ1v) is 16.3. The molecule has 0 atom stereocenters. The third kappa shape index (κ3) is 5.92. The van der Waals surface area contributed by atoms with Gasteiger partial charge in [-0.05, 0) is 87.5 Å². The van der Waals surface area contributed by atoms with Gasteiger partial charge in [-0.2, -0.15) is 5.10 Å². The normalized spacial score (nSPS) is 16.0. The summed E-state index contributed by atoms with van der Waals surface area (Å²) < 4.78 is 27.1. The summed E-state index contributed by atoms with van der Waals surface area (Å²) in [6.07, 6.45) is 17.6. The van der Waals surface area contributed by atoms with Crippen molar-refractivity contribution >= 4 is 21.9 Å². The Morgan fingerprint density at radius 2 is 1.61 bits per heavy atom. The van der Waals surface area contributed by atoms with Gasteiger partial charge in [-0.1, -0.05) is 6.42 Å². The van der Waals surface area contributed by atoms with Crippen molar-refractivity contribution in [1.82, 2.24) is 35.0 Å². The van der Waals surface area contributed by atoms with E-state index in [1.165, 1.54) is 44.2 Å². The van der Waals surface area contributed by atoms with E-state index >= 15 is 0 Å². The molecule has 2 N–H and O–H groups in total. The molecule has 0 radical (unpaired) electrons. The number of aromatic amines is 2. The smallest absolute Gasteiger partial charge is 0.181 e. The second kappa shape index (κ2) is 12.5. The first-order valence-electron chi connectivity index (χ1n) is 16.3. The average Bonchev–Trinajstić information content (AvgIpc) is 3.85. The van der Waals surface area contributed by atoms with Crippen LogP contribution in [0.5, 0.6) is 11.5 Å². The summed E-state index contributed by atoms with van der Waals surface area (Å²) in [6.45, 7) is 3.57. The van der Waals surface area contributed by atoms with Crippen LogP contribution in [0, 0.1) is 5.82 Å². The molecule has 2 fully saturated rings. The Kier molecular flexibility index (Phi) is 7.79. The second-order valence-electron chi connectivity index (χ2n) is 12.4. The second-order valence-corrected chi connectivity index (χ2v) is 12.4. The average molecular weight is 618 g/mol. The third-order valence-corrected chi connectivity index (χ3v) is 9.18. The van der Waals surface area contributed by atoms with Crippen molar-refractivity contribution < 1.29 is 13.9 Å². The molecule has 0 bridgehead atoms. The van der Waals surface area contributed by atoms with Gasteiger partial charge < -0.3 is 14.5 Å². The van der Waals surface area contributed by atoms with E-state index in [1.54, 1.807) is 18.6 Å². The van der Waals surface area contributed by atoms with Gasteiger partial charge in [0.15, 0.2) is 5.65 Å². The van der Waals surface area contributed by atoms with Crippen LogP contribution in [-0.4, -0.2) is 67.4 Å². The molecule has 1 saturated carbocycles. The van der Waals surface area contributed by atoms with Crippen molar-refractivity contribution in [2.75, 3.05) is 26.2 Å². The number of aromatic nitrogens is 6. The minimum absolute atomic E-state index is 0.250. The van der Waals surface area contributed by atoms with Crippen LogP contribution in [0.15, 0.2) is 67.4 Å². The summed E-state index contributed by atoms with van der Waals surface area (Å²) in [4.78, 5) is 19.4. The molecule has 9 nitrogen and oxygen atoms in total. The predicted octanol–water partition coefficient (Wildman–Crippen LogP) is 7.56. The standard InChI is InChI=1S/C36H36FN7O2/c37-26-12-23(13-28(16-26)45-11-10-44-8-4-5-9-44)32-21-39-22-34-30(32)17-33(41-34)35-31-15-25(19-40-36(31)43-42-35)24-14-29(20-38-18-24)46-27-6-2-1-3-7-27/h12-22,27,41H,1-11H2,(H,40,42,43). The maximum absolute atomic E-state index is 14.8. The molecule has 1 aliphatic heterocycles. The molecule has 6 heterocycles. The minimum Gasteiger partial charge on any atom is -0.492 e. The molecule has 5 aromatic heterocycles. The van der Waals surface area contributed by atoms with Gasteiger partial charge in [-0.15, -0.1) is 0 Å². The fourth-order valence-corrected chi connectivity index (χ4v) is 6.80. The maximum atomic E-state index is 14.8. The van der Waals surface area contributed by atoms with Gasteiger partial charge in [0.1, 0.15) is 23.9 Å². The molecule has 8 rings (SSSR count). The highest BCUT2D eigenvalue weighted by Gasteiger charge is 2.18. The van der Waals surface area contributed by atoms with Crippen molar-refractivity contribution in [3.8, 4) is 45.1 Å². The van der Waals surface area contributed by atoms with Gasteiger partial charge in [0, 0.05) is 58.7 Å². The summed E-state index contributed by atoms with van der Waals surface area (Å²) in [5, 5.41) is 9.44. The van der Waals surface area contributed by atoms with Crippen LogP contribution in [0.3, 0.4) is 0 Å². The molecule has 0 spiro atoms. The summed E-state index contributed by atoms with van der Waals surface area (Å²) in [5.41, 5.74) is 6.45. The monoisotopic (exact) mass is 617 g/mol. The molecule has 234 valence electrons. The summed E-state index contributed by atoms with van der Waals surface area (Å²) in [7, 11) is 0. The van der Waals surface area contributed by atoms with Crippen molar-refractivity contribution in [1.29, 1.82) is 0 Å². The highest BCUT2D eigenvalue weighted by molar-refractivity contribution is 6.00. The van der Waals surface area contributed by atoms with E-state index in [0.29, 0.717) is 23.6 Å². The largest absolute Gasteiger partial charge is 0.492 e. The topological polar surface area (TPSA) is 105 Å². The number of benzene rings is 1. The van der Waals surface area contributed by atoms with Crippen LogP contribution in [0.25, 0.3) is 55.6 Å². The fraction of sp³-hybridized carbons (Fsp3) is 0.333. The lowest BCUT2D eigenvalue weighted by atomic mass is 9.98. The van der Waals surface area contributed by atoms with Crippen LogP contribution < -0.4 is 9.47 Å². The Morgan fingerprint density at radius 3 is 2.50 bits per heavy atom. The number of likely N-dealkylation sites (tertiary alicyclic amines) is 1. The molecule has 6 aromatic rings. The molecular weight excluding hydrogens is 581 g/mol. The van der Waals surface area contributed by atoms with Gasteiger partial charge in [-0.25, -0.2) is 9.37 Å². The van der Waals surface area contributed by atoms with Crippen LogP contribution in [-0.2, 0) is 0 Å². The first kappa shape index (κ1) is 28.6. The van der Waals surface area contributed by atoms with E-state index in [4.69, 9.17) is 9.47 Å². The van der Waals surface area contributed by atoms with E-state index < -0.39 is 0 Å². The Bertz CT molecular complexity index is 1990. The lowest BCUT2D eigenvalue weighted by molar-refractivity contribution is 0.154. The summed E-state index contributed by atoms with van der Waals surface area (Å²) >= 11 is 0. The van der Waals surface area contributed by atoms with Crippen molar-refractivity contribution in [3.63, 3.8) is 0 Å². The minimum atomic E-state index is -0.345. The van der Waals surface area contributed by atoms with E-state index in [1.807, 2.05) is 30.6 Å². The molecule has 0 unspecified atom stereocenters. The number of nitrogens with one attached hydrogen (secondary N) is 2. The van der Waals surface area contributed by atoms with Crippen LogP contribution >= 0.6 is 0 Å². The fourth-order valence-electron chi connectivity index (χ4n) is 6.80. The number of hydrogen-bond donors (Lipinski definition) is 2. The van der Waals surface area contributed by atoms with Gasteiger partial charge in [0.05, 0.1) is 35.4 Å². The number of H-pyrrole nitrogens is 2. The molecule has 2 aliphatic rings. The molecule has 0 amide bonds. The van der Waals surface area contributed by atoms with Gasteiger partial charge >= 0.3 is 0 Å². The number of pyridine rings is 3. The van der Waals surface area contributed by atoms with E-state index in [0.717, 1.165) is 82.6 Å². The van der Waals surface area contributed by atoms with E-state index in [-0.39, 0.29) is 11.9 Å². The lowest BCUT2D eigenvalue weighted by Crippen LogP contribution is -2.25. The third-order valence-electron chi connectivity index (χ3n) is 9.18. The van der Waals surface area contributed by atoms with Gasteiger partial charge in [-0.3, -0.25) is 20.0 Å². The quantitative estimate of drug-likeness (QED) is 0.173. The number of halogens is 1. The highest BCUT2D eigenvalue weighted by atomic mass is 19.1. The van der Waals surface area contributed by atoms with Crippen molar-refractivity contribution in [2.45, 2.75) is 51.0 Å². The van der Waals surface area contributed by atoms with Gasteiger partial charge in [0.2, 0.25) is 0 Å². The molecule has 46 heavy (non-hydrogen) atoms. The zero-order valence-corrected chi connectivity index (χ0v) is 25.6. The summed E-state index contributed by atoms with van der Waals surface area (Å²) in [5.74, 6) is 0.954. The highest BCUT2D eigenvalue weighted by Crippen LogP contribution is 2.36. The number of hydrogen-bond acceptors (Lipinski definition) is 7. The number of nitrogens with zero attached hydrogens (tertiary/aromatic N) is 5. The maximum Gasteiger partial charge on any atom is 0.181 e. The van der Waals surface area contributed by atoms with Crippen LogP contribution in [0.4, 0.5) is 4.39 Å². The molecule has 1 aromatic carbocycles. The molecule has 10 heteroatoms. The predicted molar refractivity (Wildman–Crippen MR) is 176 cm³/mol. The van der Waals surface area contributed by atoms with Crippen molar-refractivity contribution in [2.24, 2.45) is 0 Å². The van der Waals surface area contributed by atoms with Gasteiger partial charge in [0.25, 0.3) is 0 Å². The Morgan fingerprint density at radius 1 is 0.783 bits per heavy atom. The lowest BCUT2D eigenvalue weighted by Gasteiger charge is -2.23. The van der Waals surface area contributed by atoms with Crippen LogP contribution in [0.1, 0.15) is 44.9 Å². The Hall–Kier alpha value is -4.83. The zero-order chi connectivity index (χ0) is 30.9. The molecule has 1 aliphatic carbocycles. The number of ether oxygens (including phenoxy) is 2. The SMILES string of the molecule is Fc1cc(OCCN2CCCC2)cc(-c2cncc3[nH]c(-c4[nH]nc5ncc(-c6cncc(OC7CCCCC7)c6)cc45)cc23)c1. The molecular formula is C36H36FN7O2. The first-order chi connectivity index (χ1) is 22.7. The Labute approximate surface area is 266 Å². The number of rotatable bonds is 9. The van der Waals surface area contributed by atoms with Crippen molar-refractivity contribution in [3.05, 3.63) is 73.2 Å². The van der Waals surface area contributed by atoms with Crippen LogP contribution in [0.2, 0.25) is 0 Å². The van der Waals surface area contributed by atoms with E-state index in [2.05, 4.69) is 41.1 Å². The van der Waals surface area contributed by atoms with E-state index in [9.17, 15) is 4.39 Å².